The number of carbonyl (C=O) groups excluding carboxylic acids is 2. The highest BCUT2D eigenvalue weighted by Crippen LogP contribution is 2.42. The van der Waals surface area contributed by atoms with Crippen LogP contribution in [0, 0.1) is 6.92 Å². The minimum absolute atomic E-state index is 0.0589. The normalized spacial score (nSPS) is 18.1. The highest BCUT2D eigenvalue weighted by atomic mass is 16.3. The van der Waals surface area contributed by atoms with E-state index in [0.717, 1.165) is 22.0 Å². The van der Waals surface area contributed by atoms with Crippen LogP contribution in [0.4, 0.5) is 5.95 Å². The molecule has 33 heavy (non-hydrogen) atoms. The average Bonchev–Trinajstić information content (AvgIpc) is 3.59. The zero-order valence-electron chi connectivity index (χ0n) is 17.5. The van der Waals surface area contributed by atoms with Crippen molar-refractivity contribution in [1.82, 2.24) is 15.0 Å². The Bertz CT molecular complexity index is 1590. The Kier molecular flexibility index (Phi) is 4.03. The van der Waals surface area contributed by atoms with Crippen LogP contribution in [-0.4, -0.2) is 31.7 Å². The molecule has 1 saturated heterocycles. The third kappa shape index (κ3) is 2.81. The fourth-order valence-corrected chi connectivity index (χ4v) is 4.40. The molecule has 0 bridgehead atoms. The number of aromatic amines is 2. The van der Waals surface area contributed by atoms with Gasteiger partial charge in [0, 0.05) is 22.7 Å². The quantitative estimate of drug-likeness (QED) is 0.217. The molecular formula is C25H18N4O4. The molecule has 2 aromatic carbocycles. The summed E-state index contributed by atoms with van der Waals surface area (Å²) in [6.07, 6.45) is 3.08. The first kappa shape index (κ1) is 19.1. The molecule has 1 fully saturated rings. The summed E-state index contributed by atoms with van der Waals surface area (Å²) in [6, 6.07) is 15.4. The van der Waals surface area contributed by atoms with Crippen molar-refractivity contribution in [2.24, 2.45) is 0 Å². The van der Waals surface area contributed by atoms with Crippen LogP contribution >= 0.6 is 0 Å². The van der Waals surface area contributed by atoms with Gasteiger partial charge in [-0.1, -0.05) is 24.3 Å². The second kappa shape index (κ2) is 6.96. The van der Waals surface area contributed by atoms with Crippen molar-refractivity contribution in [2.45, 2.75) is 13.0 Å². The molecule has 1 amide bonds. The van der Waals surface area contributed by atoms with Crippen molar-refractivity contribution >= 4 is 45.3 Å². The molecule has 1 aliphatic heterocycles. The van der Waals surface area contributed by atoms with Crippen molar-refractivity contribution < 1.29 is 19.1 Å². The summed E-state index contributed by atoms with van der Waals surface area (Å²) in [5.41, 5.74) is 3.60. The number of H-pyrrole nitrogens is 2. The number of benzene rings is 2. The lowest BCUT2D eigenvalue weighted by molar-refractivity contribution is -0.132. The van der Waals surface area contributed by atoms with Gasteiger partial charge in [-0.05, 0) is 42.8 Å². The van der Waals surface area contributed by atoms with E-state index in [0.29, 0.717) is 16.8 Å². The summed E-state index contributed by atoms with van der Waals surface area (Å²) >= 11 is 0. The Morgan fingerprint density at radius 2 is 1.94 bits per heavy atom. The predicted octanol–water partition coefficient (Wildman–Crippen LogP) is 4.57. The number of aliphatic hydroxyl groups is 1. The second-order valence-electron chi connectivity index (χ2n) is 8.01. The van der Waals surface area contributed by atoms with Gasteiger partial charge >= 0.3 is 5.91 Å². The Morgan fingerprint density at radius 1 is 1.09 bits per heavy atom. The van der Waals surface area contributed by atoms with Gasteiger partial charge in [-0.3, -0.25) is 14.5 Å². The molecule has 3 aromatic heterocycles. The molecule has 5 aromatic rings. The van der Waals surface area contributed by atoms with Gasteiger partial charge in [0.1, 0.15) is 17.6 Å². The standard InChI is InChI=1S/C25H18N4O4/c1-13-8-9-17-18(11-13)28-25(27-17)29-21(19-7-4-10-33-19)20(23(31)24(29)32)22(30)15-12-26-16-6-3-2-5-14(15)16/h2-12,21,26,30H,1H3,(H,27,28)/b22-20+. The largest absolute Gasteiger partial charge is 0.507 e. The van der Waals surface area contributed by atoms with Crippen LogP contribution in [0.5, 0.6) is 0 Å². The van der Waals surface area contributed by atoms with Crippen molar-refractivity contribution in [3.63, 3.8) is 0 Å². The number of hydrogen-bond acceptors (Lipinski definition) is 5. The highest BCUT2D eigenvalue weighted by Gasteiger charge is 2.49. The zero-order valence-corrected chi connectivity index (χ0v) is 17.5. The van der Waals surface area contributed by atoms with E-state index in [1.807, 2.05) is 49.4 Å². The Labute approximate surface area is 187 Å². The molecule has 3 N–H and O–H groups in total. The molecule has 162 valence electrons. The van der Waals surface area contributed by atoms with Crippen LogP contribution in [-0.2, 0) is 9.59 Å². The Balaban J connectivity index is 1.58. The molecule has 6 rings (SSSR count). The number of fused-ring (bicyclic) bond motifs is 2. The molecule has 0 spiro atoms. The first-order chi connectivity index (χ1) is 16.0. The second-order valence-corrected chi connectivity index (χ2v) is 8.01. The number of aromatic nitrogens is 3. The summed E-state index contributed by atoms with van der Waals surface area (Å²) in [5.74, 6) is -1.34. The van der Waals surface area contributed by atoms with E-state index in [2.05, 4.69) is 15.0 Å². The molecule has 0 aliphatic carbocycles. The summed E-state index contributed by atoms with van der Waals surface area (Å²) < 4.78 is 5.60. The van der Waals surface area contributed by atoms with Crippen LogP contribution in [0.2, 0.25) is 0 Å². The maximum atomic E-state index is 13.2. The minimum Gasteiger partial charge on any atom is -0.507 e. The lowest BCUT2D eigenvalue weighted by atomic mass is 9.99. The number of rotatable bonds is 3. The summed E-state index contributed by atoms with van der Waals surface area (Å²) in [7, 11) is 0. The lowest BCUT2D eigenvalue weighted by Crippen LogP contribution is -2.30. The maximum Gasteiger partial charge on any atom is 0.302 e. The number of nitrogens with zero attached hydrogens (tertiary/aromatic N) is 2. The van der Waals surface area contributed by atoms with Crippen LogP contribution in [0.3, 0.4) is 0 Å². The summed E-state index contributed by atoms with van der Waals surface area (Å²) in [6.45, 7) is 1.95. The van der Waals surface area contributed by atoms with Gasteiger partial charge in [0.15, 0.2) is 0 Å². The molecule has 1 atom stereocenters. The molecule has 0 saturated carbocycles. The van der Waals surface area contributed by atoms with Gasteiger partial charge in [0.25, 0.3) is 5.78 Å². The molecule has 0 radical (unpaired) electrons. The first-order valence-electron chi connectivity index (χ1n) is 10.4. The van der Waals surface area contributed by atoms with Crippen molar-refractivity contribution in [1.29, 1.82) is 0 Å². The van der Waals surface area contributed by atoms with E-state index in [-0.39, 0.29) is 17.3 Å². The first-order valence-corrected chi connectivity index (χ1v) is 10.4. The number of imidazole rings is 1. The lowest BCUT2D eigenvalue weighted by Gasteiger charge is -2.20. The van der Waals surface area contributed by atoms with Gasteiger partial charge in [-0.2, -0.15) is 0 Å². The fourth-order valence-electron chi connectivity index (χ4n) is 4.40. The van der Waals surface area contributed by atoms with Gasteiger partial charge in [0.05, 0.1) is 22.9 Å². The van der Waals surface area contributed by atoms with E-state index in [1.165, 1.54) is 11.2 Å². The number of hydrogen-bond donors (Lipinski definition) is 3. The van der Waals surface area contributed by atoms with Gasteiger partial charge in [-0.25, -0.2) is 4.98 Å². The molecular weight excluding hydrogens is 420 g/mol. The monoisotopic (exact) mass is 438 g/mol. The van der Waals surface area contributed by atoms with E-state index in [4.69, 9.17) is 4.42 Å². The molecule has 1 unspecified atom stereocenters. The van der Waals surface area contributed by atoms with Gasteiger partial charge in [0.2, 0.25) is 5.95 Å². The topological polar surface area (TPSA) is 115 Å². The fraction of sp³-hybridized carbons (Fsp3) is 0.0800. The van der Waals surface area contributed by atoms with Crippen LogP contribution < -0.4 is 4.90 Å². The van der Waals surface area contributed by atoms with Crippen LogP contribution in [0.15, 0.2) is 77.0 Å². The smallest absolute Gasteiger partial charge is 0.302 e. The minimum atomic E-state index is -0.977. The van der Waals surface area contributed by atoms with Crippen molar-refractivity contribution in [2.75, 3.05) is 4.90 Å². The number of anilines is 1. The highest BCUT2D eigenvalue weighted by molar-refractivity contribution is 6.51. The molecule has 8 nitrogen and oxygen atoms in total. The SMILES string of the molecule is Cc1ccc2nc(N3C(=O)C(=O)/C(=C(/O)c4c[nH]c5ccccc45)C3c3ccco3)[nH]c2c1. The number of aliphatic hydroxyl groups excluding tert-OH is 1. The predicted molar refractivity (Wildman–Crippen MR) is 123 cm³/mol. The van der Waals surface area contributed by atoms with Gasteiger partial charge < -0.3 is 19.5 Å². The number of carbonyl (C=O) groups is 2. The average molecular weight is 438 g/mol. The Morgan fingerprint density at radius 3 is 2.76 bits per heavy atom. The molecule has 4 heterocycles. The molecule has 1 aliphatic rings. The van der Waals surface area contributed by atoms with Crippen molar-refractivity contribution in [3.8, 4) is 0 Å². The third-order valence-corrected chi connectivity index (χ3v) is 5.95. The maximum absolute atomic E-state index is 13.2. The van der Waals surface area contributed by atoms with Crippen LogP contribution in [0.25, 0.3) is 27.7 Å². The number of para-hydroxylation sites is 1. The number of ketones is 1. The van der Waals surface area contributed by atoms with E-state index >= 15 is 0 Å². The summed E-state index contributed by atoms with van der Waals surface area (Å²) in [5, 5.41) is 12.0. The number of Topliss-reactive ketones (excluding diaryl/α,β-unsaturated/α-hetero) is 1. The van der Waals surface area contributed by atoms with E-state index < -0.39 is 17.7 Å². The van der Waals surface area contributed by atoms with Crippen LogP contribution in [0.1, 0.15) is 22.9 Å². The third-order valence-electron chi connectivity index (χ3n) is 5.95. The number of furan rings is 1. The Hall–Kier alpha value is -4.59. The molecule has 8 heteroatoms. The van der Waals surface area contributed by atoms with E-state index in [1.54, 1.807) is 18.3 Å². The number of aryl methyl sites for hydroxylation is 1. The summed E-state index contributed by atoms with van der Waals surface area (Å²) in [4.78, 5) is 38.5. The van der Waals surface area contributed by atoms with Gasteiger partial charge in [-0.15, -0.1) is 0 Å². The van der Waals surface area contributed by atoms with Crippen molar-refractivity contribution in [3.05, 3.63) is 89.5 Å². The number of amides is 1. The van der Waals surface area contributed by atoms with E-state index in [9.17, 15) is 14.7 Å². The number of nitrogens with one attached hydrogen (secondary N) is 2. The zero-order chi connectivity index (χ0) is 22.7.